The predicted octanol–water partition coefficient (Wildman–Crippen LogP) is 0.142. The summed E-state index contributed by atoms with van der Waals surface area (Å²) in [5, 5.41) is 3.53. The highest BCUT2D eigenvalue weighted by molar-refractivity contribution is 5.09. The van der Waals surface area contributed by atoms with Gasteiger partial charge in [-0.25, -0.2) is 0 Å². The number of ether oxygens (including phenoxy) is 1. The van der Waals surface area contributed by atoms with E-state index in [9.17, 15) is 0 Å². The summed E-state index contributed by atoms with van der Waals surface area (Å²) in [6.07, 6.45) is 0. The number of methoxy groups -OCH3 is 1. The molecule has 0 radical (unpaired) electrons. The predicted molar refractivity (Wildman–Crippen MR) is 30.9 cm³/mol. The smallest absolute Gasteiger partial charge is 0.254 e. The molecule has 0 amide bonds. The van der Waals surface area contributed by atoms with Crippen LogP contribution in [-0.2, 0) is 6.54 Å². The first-order chi connectivity index (χ1) is 4.36. The Kier molecular flexibility index (Phi) is 1.69. The van der Waals surface area contributed by atoms with Crippen LogP contribution in [0.25, 0.3) is 0 Å². The molecule has 50 valence electrons. The van der Waals surface area contributed by atoms with Crippen LogP contribution in [0.4, 0.5) is 0 Å². The fraction of sp³-hybridized carbons (Fsp3) is 0.400. The van der Waals surface area contributed by atoms with Crippen LogP contribution in [0.5, 0.6) is 5.88 Å². The molecule has 0 aliphatic heterocycles. The first-order valence-electron chi connectivity index (χ1n) is 2.56. The van der Waals surface area contributed by atoms with Crippen molar-refractivity contribution in [3.63, 3.8) is 0 Å². The van der Waals surface area contributed by atoms with Gasteiger partial charge in [0, 0.05) is 6.07 Å². The summed E-state index contributed by atoms with van der Waals surface area (Å²) < 4.78 is 9.44. The van der Waals surface area contributed by atoms with E-state index in [0.717, 1.165) is 0 Å². The zero-order chi connectivity index (χ0) is 6.69. The minimum absolute atomic E-state index is 0.357. The van der Waals surface area contributed by atoms with Crippen LogP contribution in [0.3, 0.4) is 0 Å². The Labute approximate surface area is 52.6 Å². The second-order valence-corrected chi connectivity index (χ2v) is 1.54. The lowest BCUT2D eigenvalue weighted by Gasteiger charge is -1.83. The number of nitrogens with two attached hydrogens (primary N) is 1. The van der Waals surface area contributed by atoms with E-state index in [4.69, 9.17) is 15.0 Å². The van der Waals surface area contributed by atoms with Crippen LogP contribution in [0, 0.1) is 0 Å². The summed E-state index contributed by atoms with van der Waals surface area (Å²) in [6, 6.07) is 1.65. The van der Waals surface area contributed by atoms with Crippen molar-refractivity contribution >= 4 is 0 Å². The normalized spacial score (nSPS) is 9.56. The van der Waals surface area contributed by atoms with Gasteiger partial charge in [0.15, 0.2) is 5.76 Å². The van der Waals surface area contributed by atoms with E-state index >= 15 is 0 Å². The summed E-state index contributed by atoms with van der Waals surface area (Å²) in [7, 11) is 1.53. The van der Waals surface area contributed by atoms with Crippen LogP contribution in [0.15, 0.2) is 10.6 Å². The number of hydrogen-bond donors (Lipinski definition) is 1. The molecule has 0 aromatic carbocycles. The standard InChI is InChI=1S/C5H8N2O2/c1-8-5-2-4(3-6)9-7-5/h2H,3,6H2,1H3. The van der Waals surface area contributed by atoms with Gasteiger partial charge in [-0.1, -0.05) is 0 Å². The van der Waals surface area contributed by atoms with E-state index < -0.39 is 0 Å². The highest BCUT2D eigenvalue weighted by Crippen LogP contribution is 2.08. The van der Waals surface area contributed by atoms with Gasteiger partial charge in [-0.2, -0.15) is 0 Å². The van der Waals surface area contributed by atoms with Crippen LogP contribution in [-0.4, -0.2) is 12.3 Å². The maximum Gasteiger partial charge on any atom is 0.254 e. The molecular formula is C5H8N2O2. The van der Waals surface area contributed by atoms with Crippen molar-refractivity contribution in [1.82, 2.24) is 5.16 Å². The van der Waals surface area contributed by atoms with Crippen molar-refractivity contribution in [3.05, 3.63) is 11.8 Å². The summed E-state index contributed by atoms with van der Waals surface area (Å²) in [4.78, 5) is 0. The molecule has 1 rings (SSSR count). The molecule has 4 nitrogen and oxygen atoms in total. The Morgan fingerprint density at radius 3 is 3.00 bits per heavy atom. The molecule has 0 unspecified atom stereocenters. The zero-order valence-electron chi connectivity index (χ0n) is 5.13. The first-order valence-corrected chi connectivity index (χ1v) is 2.56. The number of aromatic nitrogens is 1. The van der Waals surface area contributed by atoms with Crippen LogP contribution < -0.4 is 10.5 Å². The molecule has 1 aromatic rings. The van der Waals surface area contributed by atoms with E-state index in [-0.39, 0.29) is 0 Å². The Hall–Kier alpha value is -1.03. The molecule has 1 aromatic heterocycles. The zero-order valence-corrected chi connectivity index (χ0v) is 5.13. The van der Waals surface area contributed by atoms with Gasteiger partial charge in [0.25, 0.3) is 5.88 Å². The molecule has 4 heteroatoms. The van der Waals surface area contributed by atoms with Crippen LogP contribution in [0.1, 0.15) is 5.76 Å². The molecule has 9 heavy (non-hydrogen) atoms. The van der Waals surface area contributed by atoms with Gasteiger partial charge in [0.2, 0.25) is 0 Å². The van der Waals surface area contributed by atoms with Crippen molar-refractivity contribution in [1.29, 1.82) is 0 Å². The molecule has 0 saturated carbocycles. The maximum absolute atomic E-state index is 5.23. The maximum atomic E-state index is 5.23. The van der Waals surface area contributed by atoms with E-state index in [1.54, 1.807) is 6.07 Å². The molecule has 0 fully saturated rings. The lowest BCUT2D eigenvalue weighted by Crippen LogP contribution is -1.92. The summed E-state index contributed by atoms with van der Waals surface area (Å²) in [5.41, 5.74) is 5.23. The van der Waals surface area contributed by atoms with Gasteiger partial charge >= 0.3 is 0 Å². The number of rotatable bonds is 2. The van der Waals surface area contributed by atoms with Crippen molar-refractivity contribution in [2.45, 2.75) is 6.54 Å². The third kappa shape index (κ3) is 1.20. The number of nitrogens with zero attached hydrogens (tertiary/aromatic N) is 1. The Morgan fingerprint density at radius 1 is 1.89 bits per heavy atom. The third-order valence-electron chi connectivity index (χ3n) is 0.948. The van der Waals surface area contributed by atoms with Gasteiger partial charge in [-0.15, -0.1) is 0 Å². The van der Waals surface area contributed by atoms with Crippen molar-refractivity contribution < 1.29 is 9.26 Å². The quantitative estimate of drug-likeness (QED) is 0.615. The van der Waals surface area contributed by atoms with E-state index in [2.05, 4.69) is 5.16 Å². The first kappa shape index (κ1) is 6.10. The van der Waals surface area contributed by atoms with Gasteiger partial charge in [-0.3, -0.25) is 0 Å². The van der Waals surface area contributed by atoms with E-state index in [1.807, 2.05) is 0 Å². The Balaban J connectivity index is 2.74. The lowest BCUT2D eigenvalue weighted by atomic mass is 10.5. The summed E-state index contributed by atoms with van der Waals surface area (Å²) in [6.45, 7) is 0.357. The second kappa shape index (κ2) is 2.50. The fourth-order valence-corrected chi connectivity index (χ4v) is 0.486. The minimum Gasteiger partial charge on any atom is -0.479 e. The van der Waals surface area contributed by atoms with Gasteiger partial charge < -0.3 is 15.0 Å². The molecule has 0 aliphatic carbocycles. The molecule has 0 aliphatic rings. The van der Waals surface area contributed by atoms with Crippen LogP contribution >= 0.6 is 0 Å². The number of hydrogen-bond acceptors (Lipinski definition) is 4. The Morgan fingerprint density at radius 2 is 2.67 bits per heavy atom. The second-order valence-electron chi connectivity index (χ2n) is 1.54. The highest BCUT2D eigenvalue weighted by atomic mass is 16.5. The topological polar surface area (TPSA) is 61.3 Å². The molecule has 2 N–H and O–H groups in total. The lowest BCUT2D eigenvalue weighted by molar-refractivity contribution is 0.327. The van der Waals surface area contributed by atoms with Gasteiger partial charge in [0.05, 0.1) is 13.7 Å². The van der Waals surface area contributed by atoms with Crippen molar-refractivity contribution in [2.24, 2.45) is 5.73 Å². The summed E-state index contributed by atoms with van der Waals surface area (Å²) >= 11 is 0. The summed E-state index contributed by atoms with van der Waals surface area (Å²) in [5.74, 6) is 1.10. The molecule has 0 atom stereocenters. The van der Waals surface area contributed by atoms with E-state index in [1.165, 1.54) is 7.11 Å². The largest absolute Gasteiger partial charge is 0.479 e. The van der Waals surface area contributed by atoms with Gasteiger partial charge in [-0.05, 0) is 5.16 Å². The highest BCUT2D eigenvalue weighted by Gasteiger charge is 1.98. The fourth-order valence-electron chi connectivity index (χ4n) is 0.486. The van der Waals surface area contributed by atoms with Gasteiger partial charge in [0.1, 0.15) is 0 Å². The molecular weight excluding hydrogens is 120 g/mol. The molecule has 0 saturated heterocycles. The average Bonchev–Trinajstić information content (AvgIpc) is 2.34. The van der Waals surface area contributed by atoms with Crippen molar-refractivity contribution in [2.75, 3.05) is 7.11 Å². The minimum atomic E-state index is 0.357. The average molecular weight is 128 g/mol. The SMILES string of the molecule is COc1cc(CN)on1. The van der Waals surface area contributed by atoms with Crippen LogP contribution in [0.2, 0.25) is 0 Å². The Bertz CT molecular complexity index is 166. The molecule has 0 spiro atoms. The molecule has 0 bridgehead atoms. The van der Waals surface area contributed by atoms with Crippen molar-refractivity contribution in [3.8, 4) is 5.88 Å². The molecule has 1 heterocycles. The van der Waals surface area contributed by atoms with E-state index in [0.29, 0.717) is 18.2 Å². The monoisotopic (exact) mass is 128 g/mol. The third-order valence-corrected chi connectivity index (χ3v) is 0.948.